The van der Waals surface area contributed by atoms with E-state index in [2.05, 4.69) is 5.32 Å². The number of carbonyl (C=O) groups is 1. The van der Waals surface area contributed by atoms with Crippen molar-refractivity contribution in [2.45, 2.75) is 13.0 Å². The summed E-state index contributed by atoms with van der Waals surface area (Å²) in [7, 11) is 0. The third-order valence-electron chi connectivity index (χ3n) is 3.09. The molecule has 1 aromatic heterocycles. The molecule has 2 N–H and O–H groups in total. The molecule has 21 heavy (non-hydrogen) atoms. The van der Waals surface area contributed by atoms with E-state index in [4.69, 9.17) is 9.84 Å². The lowest BCUT2D eigenvalue weighted by Crippen LogP contribution is -2.29. The van der Waals surface area contributed by atoms with Crippen molar-refractivity contribution in [3.63, 3.8) is 0 Å². The van der Waals surface area contributed by atoms with Gasteiger partial charge in [-0.15, -0.1) is 0 Å². The number of benzene rings is 1. The summed E-state index contributed by atoms with van der Waals surface area (Å²) in [5, 5.41) is 15.5. The number of hydrogen-bond donors (Lipinski definition) is 2. The number of aryl methyl sites for hydroxylation is 1. The van der Waals surface area contributed by atoms with Crippen LogP contribution in [-0.4, -0.2) is 30.8 Å². The van der Waals surface area contributed by atoms with Gasteiger partial charge >= 0.3 is 0 Å². The zero-order valence-corrected chi connectivity index (χ0v) is 12.7. The fourth-order valence-corrected chi connectivity index (χ4v) is 2.57. The van der Waals surface area contributed by atoms with Gasteiger partial charge in [-0.05, 0) is 23.9 Å². The molecular weight excluding hydrogens is 286 g/mol. The molecule has 0 aliphatic carbocycles. The predicted molar refractivity (Wildman–Crippen MR) is 83.6 cm³/mol. The maximum atomic E-state index is 12.0. The number of aliphatic hydroxyl groups excluding tert-OH is 1. The Bertz CT molecular complexity index is 551. The maximum Gasteiger partial charge on any atom is 0.252 e. The Kier molecular flexibility index (Phi) is 5.92. The Labute approximate surface area is 128 Å². The fraction of sp³-hybridized carbons (Fsp3) is 0.312. The average Bonchev–Trinajstić information content (AvgIpc) is 3.03. The third-order valence-corrected chi connectivity index (χ3v) is 3.77. The summed E-state index contributed by atoms with van der Waals surface area (Å²) in [5.41, 5.74) is 2.81. The first-order chi connectivity index (χ1) is 10.2. The highest BCUT2D eigenvalue weighted by Crippen LogP contribution is 2.17. The number of aliphatic hydroxyl groups is 1. The maximum absolute atomic E-state index is 12.0. The second-order valence-corrected chi connectivity index (χ2v) is 5.50. The van der Waals surface area contributed by atoms with Gasteiger partial charge < -0.3 is 15.2 Å². The van der Waals surface area contributed by atoms with Gasteiger partial charge in [0.25, 0.3) is 5.91 Å². The van der Waals surface area contributed by atoms with Crippen LogP contribution >= 0.6 is 11.3 Å². The van der Waals surface area contributed by atoms with Crippen molar-refractivity contribution in [1.29, 1.82) is 0 Å². The minimum absolute atomic E-state index is 0.0408. The molecule has 1 unspecified atom stereocenters. The zero-order valence-electron chi connectivity index (χ0n) is 11.9. The molecule has 0 aliphatic rings. The van der Waals surface area contributed by atoms with Gasteiger partial charge in [-0.25, -0.2) is 0 Å². The first kappa shape index (κ1) is 15.7. The van der Waals surface area contributed by atoms with Crippen LogP contribution in [0.4, 0.5) is 0 Å². The lowest BCUT2D eigenvalue weighted by atomic mass is 10.1. The van der Waals surface area contributed by atoms with Crippen LogP contribution in [0.3, 0.4) is 0 Å². The number of hydrogen-bond acceptors (Lipinski definition) is 4. The molecule has 0 saturated heterocycles. The molecule has 1 heterocycles. The Morgan fingerprint density at radius 1 is 1.33 bits per heavy atom. The molecule has 5 heteroatoms. The molecule has 112 valence electrons. The van der Waals surface area contributed by atoms with E-state index in [-0.39, 0.29) is 25.2 Å². The Morgan fingerprint density at radius 3 is 2.71 bits per heavy atom. The van der Waals surface area contributed by atoms with Crippen LogP contribution in [0.2, 0.25) is 0 Å². The standard InChI is InChI=1S/C16H19NO3S/c1-12-2-4-13(5-3-12)15(20-8-7-18)10-17-16(19)14-6-9-21-11-14/h2-6,9,11,15,18H,7-8,10H2,1H3,(H,17,19). The van der Waals surface area contributed by atoms with Crippen LogP contribution in [-0.2, 0) is 4.74 Å². The van der Waals surface area contributed by atoms with E-state index < -0.39 is 0 Å². The van der Waals surface area contributed by atoms with Crippen LogP contribution < -0.4 is 5.32 Å². The van der Waals surface area contributed by atoms with Crippen LogP contribution in [0.5, 0.6) is 0 Å². The van der Waals surface area contributed by atoms with Gasteiger partial charge in [-0.1, -0.05) is 29.8 Å². The van der Waals surface area contributed by atoms with Gasteiger partial charge in [0, 0.05) is 17.5 Å². The van der Waals surface area contributed by atoms with Crippen LogP contribution in [0.15, 0.2) is 41.1 Å². The van der Waals surface area contributed by atoms with Gasteiger partial charge in [0.15, 0.2) is 0 Å². The van der Waals surface area contributed by atoms with Crippen molar-refractivity contribution in [1.82, 2.24) is 5.32 Å². The van der Waals surface area contributed by atoms with E-state index in [0.717, 1.165) is 5.56 Å². The normalized spacial score (nSPS) is 12.1. The zero-order chi connectivity index (χ0) is 15.1. The smallest absolute Gasteiger partial charge is 0.252 e. The monoisotopic (exact) mass is 305 g/mol. The van der Waals surface area contributed by atoms with E-state index in [1.54, 1.807) is 6.07 Å². The minimum Gasteiger partial charge on any atom is -0.394 e. The Hall–Kier alpha value is -1.69. The highest BCUT2D eigenvalue weighted by Gasteiger charge is 2.14. The summed E-state index contributed by atoms with van der Waals surface area (Å²) in [4.78, 5) is 12.0. The van der Waals surface area contributed by atoms with E-state index >= 15 is 0 Å². The number of carbonyl (C=O) groups excluding carboxylic acids is 1. The third kappa shape index (κ3) is 4.67. The summed E-state index contributed by atoms with van der Waals surface area (Å²) in [6, 6.07) is 9.76. The first-order valence-corrected chi connectivity index (χ1v) is 7.74. The van der Waals surface area contributed by atoms with Crippen molar-refractivity contribution >= 4 is 17.2 Å². The molecular formula is C16H19NO3S. The molecule has 0 aliphatic heterocycles. The summed E-state index contributed by atoms with van der Waals surface area (Å²) >= 11 is 1.49. The lowest BCUT2D eigenvalue weighted by molar-refractivity contribution is 0.0277. The van der Waals surface area contributed by atoms with Crippen molar-refractivity contribution in [3.8, 4) is 0 Å². The predicted octanol–water partition coefficient (Wildman–Crippen LogP) is 2.54. The average molecular weight is 305 g/mol. The van der Waals surface area contributed by atoms with Gasteiger partial charge in [0.2, 0.25) is 0 Å². The minimum atomic E-state index is -0.264. The summed E-state index contributed by atoms with van der Waals surface area (Å²) in [5.74, 6) is -0.110. The molecule has 2 rings (SSSR count). The van der Waals surface area contributed by atoms with Crippen LogP contribution in [0.25, 0.3) is 0 Å². The van der Waals surface area contributed by atoms with E-state index in [0.29, 0.717) is 12.1 Å². The molecule has 2 aromatic rings. The number of rotatable bonds is 7. The molecule has 1 atom stereocenters. The van der Waals surface area contributed by atoms with Gasteiger partial charge in [-0.2, -0.15) is 11.3 Å². The van der Waals surface area contributed by atoms with E-state index in [1.807, 2.05) is 41.9 Å². The van der Waals surface area contributed by atoms with E-state index in [9.17, 15) is 4.79 Å². The summed E-state index contributed by atoms with van der Waals surface area (Å²) < 4.78 is 5.62. The van der Waals surface area contributed by atoms with Crippen LogP contribution in [0.1, 0.15) is 27.6 Å². The Morgan fingerprint density at radius 2 is 2.10 bits per heavy atom. The first-order valence-electron chi connectivity index (χ1n) is 6.80. The highest BCUT2D eigenvalue weighted by atomic mass is 32.1. The summed E-state index contributed by atoms with van der Waals surface area (Å²) in [6.07, 6.45) is -0.264. The largest absolute Gasteiger partial charge is 0.394 e. The SMILES string of the molecule is Cc1ccc(C(CNC(=O)c2ccsc2)OCCO)cc1. The highest BCUT2D eigenvalue weighted by molar-refractivity contribution is 7.08. The molecule has 0 bridgehead atoms. The second kappa shape index (κ2) is 7.93. The topological polar surface area (TPSA) is 58.6 Å². The van der Waals surface area contributed by atoms with Gasteiger partial charge in [0.05, 0.1) is 19.3 Å². The number of nitrogens with one attached hydrogen (secondary N) is 1. The molecule has 0 spiro atoms. The molecule has 1 aromatic carbocycles. The van der Waals surface area contributed by atoms with Gasteiger partial charge in [0.1, 0.15) is 0 Å². The van der Waals surface area contributed by atoms with Crippen molar-refractivity contribution < 1.29 is 14.6 Å². The van der Waals surface area contributed by atoms with Crippen molar-refractivity contribution in [3.05, 3.63) is 57.8 Å². The second-order valence-electron chi connectivity index (χ2n) is 4.72. The quantitative estimate of drug-likeness (QED) is 0.826. The molecule has 0 saturated carbocycles. The van der Waals surface area contributed by atoms with E-state index in [1.165, 1.54) is 16.9 Å². The van der Waals surface area contributed by atoms with Gasteiger partial charge in [-0.3, -0.25) is 4.79 Å². The summed E-state index contributed by atoms with van der Waals surface area (Å²) in [6.45, 7) is 2.59. The fourth-order valence-electron chi connectivity index (χ4n) is 1.93. The van der Waals surface area contributed by atoms with Crippen LogP contribution in [0, 0.1) is 6.92 Å². The lowest BCUT2D eigenvalue weighted by Gasteiger charge is -2.18. The molecule has 1 amide bonds. The molecule has 0 radical (unpaired) electrons. The van der Waals surface area contributed by atoms with Crippen molar-refractivity contribution in [2.24, 2.45) is 0 Å². The number of thiophene rings is 1. The number of amides is 1. The Balaban J connectivity index is 1.99. The van der Waals surface area contributed by atoms with Crippen molar-refractivity contribution in [2.75, 3.05) is 19.8 Å². The molecule has 4 nitrogen and oxygen atoms in total. The number of ether oxygens (including phenoxy) is 1. The molecule has 0 fully saturated rings.